The van der Waals surface area contributed by atoms with Crippen LogP contribution in [0.3, 0.4) is 0 Å². The summed E-state index contributed by atoms with van der Waals surface area (Å²) in [6.45, 7) is 0.379. The van der Waals surface area contributed by atoms with E-state index in [1.165, 1.54) is 0 Å². The largest absolute Gasteiger partial charge is 0.399 e. The quantitative estimate of drug-likeness (QED) is 0.756. The van der Waals surface area contributed by atoms with Crippen LogP contribution < -0.4 is 11.1 Å². The maximum absolute atomic E-state index is 11.7. The highest BCUT2D eigenvalue weighted by Crippen LogP contribution is 2.06. The minimum absolute atomic E-state index is 0.0530. The van der Waals surface area contributed by atoms with Crippen LogP contribution in [0.15, 0.2) is 30.6 Å². The van der Waals surface area contributed by atoms with E-state index < -0.39 is 0 Å². The lowest BCUT2D eigenvalue weighted by atomic mass is 10.1. The molecule has 0 unspecified atom stereocenters. The Balaban J connectivity index is 1.86. The zero-order chi connectivity index (χ0) is 13.0. The minimum Gasteiger partial charge on any atom is -0.399 e. The van der Waals surface area contributed by atoms with Gasteiger partial charge in [0.05, 0.1) is 13.0 Å². The van der Waals surface area contributed by atoms with E-state index in [0.29, 0.717) is 18.7 Å². The van der Waals surface area contributed by atoms with E-state index in [0.717, 1.165) is 11.4 Å². The van der Waals surface area contributed by atoms with Crippen molar-refractivity contribution in [2.75, 3.05) is 5.73 Å². The monoisotopic (exact) mass is 245 g/mol. The number of hydrogen-bond donors (Lipinski definition) is 2. The van der Waals surface area contributed by atoms with Gasteiger partial charge >= 0.3 is 0 Å². The minimum atomic E-state index is -0.0530. The predicted molar refractivity (Wildman–Crippen MR) is 67.4 cm³/mol. The van der Waals surface area contributed by atoms with Crippen molar-refractivity contribution in [3.05, 3.63) is 42.0 Å². The first-order chi connectivity index (χ1) is 8.65. The maximum Gasteiger partial charge on any atom is 0.224 e. The third kappa shape index (κ3) is 3.07. The van der Waals surface area contributed by atoms with E-state index in [4.69, 9.17) is 5.73 Å². The van der Waals surface area contributed by atoms with Crippen molar-refractivity contribution >= 4 is 11.6 Å². The molecule has 1 amide bonds. The molecular weight excluding hydrogens is 230 g/mol. The van der Waals surface area contributed by atoms with Crippen molar-refractivity contribution in [3.63, 3.8) is 0 Å². The molecule has 1 heterocycles. The number of nitrogens with two attached hydrogens (primary N) is 1. The van der Waals surface area contributed by atoms with E-state index in [2.05, 4.69) is 15.5 Å². The second-order valence-electron chi connectivity index (χ2n) is 4.05. The second kappa shape index (κ2) is 5.31. The number of rotatable bonds is 4. The predicted octanol–water partition coefficient (Wildman–Crippen LogP) is 0.256. The summed E-state index contributed by atoms with van der Waals surface area (Å²) >= 11 is 0. The van der Waals surface area contributed by atoms with Gasteiger partial charge in [-0.25, -0.2) is 0 Å². The smallest absolute Gasteiger partial charge is 0.224 e. The third-order valence-corrected chi connectivity index (χ3v) is 2.59. The molecule has 94 valence electrons. The number of aromatic nitrogens is 3. The number of aryl methyl sites for hydroxylation is 1. The Morgan fingerprint density at radius 3 is 2.72 bits per heavy atom. The van der Waals surface area contributed by atoms with E-state index in [1.54, 1.807) is 23.0 Å². The molecule has 0 radical (unpaired) electrons. The summed E-state index contributed by atoms with van der Waals surface area (Å²) in [6, 6.07) is 7.26. The third-order valence-electron chi connectivity index (χ3n) is 2.59. The van der Waals surface area contributed by atoms with Gasteiger partial charge in [-0.05, 0) is 17.7 Å². The van der Waals surface area contributed by atoms with Crippen molar-refractivity contribution in [2.24, 2.45) is 7.05 Å². The molecule has 0 aliphatic rings. The first-order valence-corrected chi connectivity index (χ1v) is 5.59. The van der Waals surface area contributed by atoms with E-state index in [1.807, 2.05) is 19.2 Å². The molecule has 0 saturated heterocycles. The molecule has 0 aliphatic carbocycles. The van der Waals surface area contributed by atoms with Gasteiger partial charge in [-0.2, -0.15) is 0 Å². The molecule has 18 heavy (non-hydrogen) atoms. The van der Waals surface area contributed by atoms with Crippen molar-refractivity contribution in [2.45, 2.75) is 13.0 Å². The number of amides is 1. The second-order valence-corrected chi connectivity index (χ2v) is 4.05. The number of anilines is 1. The summed E-state index contributed by atoms with van der Waals surface area (Å²) in [5.74, 6) is 0.670. The van der Waals surface area contributed by atoms with Gasteiger partial charge in [-0.15, -0.1) is 10.2 Å². The van der Waals surface area contributed by atoms with Gasteiger partial charge in [0.2, 0.25) is 5.91 Å². The maximum atomic E-state index is 11.7. The standard InChI is InChI=1S/C12H15N5O/c1-17-8-15-16-11(17)7-14-12(18)6-9-2-4-10(13)5-3-9/h2-5,8H,6-7,13H2,1H3,(H,14,18). The highest BCUT2D eigenvalue weighted by atomic mass is 16.1. The molecule has 1 aromatic heterocycles. The molecule has 0 aliphatic heterocycles. The Bertz CT molecular complexity index is 532. The number of nitrogen functional groups attached to an aromatic ring is 1. The van der Waals surface area contributed by atoms with Crippen LogP contribution in [0, 0.1) is 0 Å². The van der Waals surface area contributed by atoms with Gasteiger partial charge in [0, 0.05) is 12.7 Å². The van der Waals surface area contributed by atoms with E-state index >= 15 is 0 Å². The lowest BCUT2D eigenvalue weighted by molar-refractivity contribution is -0.120. The van der Waals surface area contributed by atoms with Crippen LogP contribution in [0.2, 0.25) is 0 Å². The van der Waals surface area contributed by atoms with Gasteiger partial charge in [-0.3, -0.25) is 4.79 Å². The van der Waals surface area contributed by atoms with Crippen LogP contribution in [-0.2, 0) is 24.8 Å². The van der Waals surface area contributed by atoms with Gasteiger partial charge in [0.25, 0.3) is 0 Å². The summed E-state index contributed by atoms with van der Waals surface area (Å²) < 4.78 is 1.77. The number of nitrogens with one attached hydrogen (secondary N) is 1. The molecule has 6 nitrogen and oxygen atoms in total. The van der Waals surface area contributed by atoms with Crippen LogP contribution in [0.5, 0.6) is 0 Å². The molecule has 0 bridgehead atoms. The molecule has 6 heteroatoms. The van der Waals surface area contributed by atoms with Crippen LogP contribution in [0.25, 0.3) is 0 Å². The Morgan fingerprint density at radius 1 is 1.39 bits per heavy atom. The average Bonchev–Trinajstić information content (AvgIpc) is 2.75. The van der Waals surface area contributed by atoms with Gasteiger partial charge < -0.3 is 15.6 Å². The molecule has 2 aromatic rings. The molecular formula is C12H15N5O. The lowest BCUT2D eigenvalue weighted by Gasteiger charge is -2.05. The Labute approximate surface area is 105 Å². The SMILES string of the molecule is Cn1cnnc1CNC(=O)Cc1ccc(N)cc1. The molecule has 2 rings (SSSR count). The molecule has 3 N–H and O–H groups in total. The Kier molecular flexibility index (Phi) is 3.57. The summed E-state index contributed by atoms with van der Waals surface area (Å²) in [4.78, 5) is 11.7. The Hall–Kier alpha value is -2.37. The summed E-state index contributed by atoms with van der Waals surface area (Å²) in [5.41, 5.74) is 7.20. The first-order valence-electron chi connectivity index (χ1n) is 5.59. The fraction of sp³-hybridized carbons (Fsp3) is 0.250. The summed E-state index contributed by atoms with van der Waals surface area (Å²) in [7, 11) is 1.83. The van der Waals surface area contributed by atoms with Crippen molar-refractivity contribution < 1.29 is 4.79 Å². The van der Waals surface area contributed by atoms with Crippen molar-refractivity contribution in [1.82, 2.24) is 20.1 Å². The fourth-order valence-electron chi connectivity index (χ4n) is 1.53. The zero-order valence-corrected chi connectivity index (χ0v) is 10.1. The van der Waals surface area contributed by atoms with Crippen LogP contribution in [0.4, 0.5) is 5.69 Å². The summed E-state index contributed by atoms with van der Waals surface area (Å²) in [6.07, 6.45) is 1.93. The van der Waals surface area contributed by atoms with E-state index in [-0.39, 0.29) is 5.91 Å². The normalized spacial score (nSPS) is 10.3. The molecule has 0 fully saturated rings. The number of carbonyl (C=O) groups excluding carboxylic acids is 1. The van der Waals surface area contributed by atoms with Crippen LogP contribution >= 0.6 is 0 Å². The topological polar surface area (TPSA) is 85.8 Å². The van der Waals surface area contributed by atoms with Gasteiger partial charge in [-0.1, -0.05) is 12.1 Å². The van der Waals surface area contributed by atoms with Gasteiger partial charge in [0.15, 0.2) is 5.82 Å². The molecule has 0 spiro atoms. The lowest BCUT2D eigenvalue weighted by Crippen LogP contribution is -2.25. The highest BCUT2D eigenvalue weighted by molar-refractivity contribution is 5.78. The summed E-state index contributed by atoms with van der Waals surface area (Å²) in [5, 5.41) is 10.4. The van der Waals surface area contributed by atoms with Gasteiger partial charge in [0.1, 0.15) is 6.33 Å². The zero-order valence-electron chi connectivity index (χ0n) is 10.1. The number of benzene rings is 1. The molecule has 0 saturated carbocycles. The van der Waals surface area contributed by atoms with Crippen LogP contribution in [-0.4, -0.2) is 20.7 Å². The molecule has 0 atom stereocenters. The van der Waals surface area contributed by atoms with E-state index in [9.17, 15) is 4.79 Å². The first kappa shape index (κ1) is 12.1. The number of carbonyl (C=O) groups is 1. The van der Waals surface area contributed by atoms with Crippen molar-refractivity contribution in [1.29, 1.82) is 0 Å². The van der Waals surface area contributed by atoms with Crippen molar-refractivity contribution in [3.8, 4) is 0 Å². The Morgan fingerprint density at radius 2 is 2.11 bits per heavy atom. The number of hydrogen-bond acceptors (Lipinski definition) is 4. The number of nitrogens with zero attached hydrogens (tertiary/aromatic N) is 3. The fourth-order valence-corrected chi connectivity index (χ4v) is 1.53. The van der Waals surface area contributed by atoms with Crippen LogP contribution in [0.1, 0.15) is 11.4 Å². The highest BCUT2D eigenvalue weighted by Gasteiger charge is 2.05. The average molecular weight is 245 g/mol. The molecule has 1 aromatic carbocycles.